The summed E-state index contributed by atoms with van der Waals surface area (Å²) in [5, 5.41) is 2.74. The largest absolute Gasteiger partial charge is 0.465 e. The zero-order chi connectivity index (χ0) is 14.7. The monoisotopic (exact) mass is 279 g/mol. The molecule has 1 aromatic heterocycles. The molecule has 2 atom stereocenters. The quantitative estimate of drug-likeness (QED) is 0.874. The molecule has 1 fully saturated rings. The maximum absolute atomic E-state index is 11.7. The molecule has 1 amide bonds. The van der Waals surface area contributed by atoms with Crippen LogP contribution in [0.1, 0.15) is 37.3 Å². The van der Waals surface area contributed by atoms with Gasteiger partial charge < -0.3 is 15.5 Å². The lowest BCUT2D eigenvalue weighted by atomic mass is 9.93. The number of likely N-dealkylation sites (tertiary alicyclic amines) is 1. The Morgan fingerprint density at radius 3 is 2.55 bits per heavy atom. The first kappa shape index (κ1) is 15.1. The summed E-state index contributed by atoms with van der Waals surface area (Å²) in [7, 11) is 1.70. The Morgan fingerprint density at radius 1 is 1.45 bits per heavy atom. The van der Waals surface area contributed by atoms with Crippen LogP contribution in [-0.4, -0.2) is 37.0 Å². The molecule has 1 saturated heterocycles. The molecule has 5 nitrogen and oxygen atoms in total. The second kappa shape index (κ2) is 6.41. The predicted octanol–water partition coefficient (Wildman–Crippen LogP) is 1.43. The van der Waals surface area contributed by atoms with Gasteiger partial charge in [0, 0.05) is 19.0 Å². The van der Waals surface area contributed by atoms with Crippen molar-refractivity contribution in [3.8, 4) is 0 Å². The van der Waals surface area contributed by atoms with Crippen LogP contribution in [0.4, 0.5) is 0 Å². The molecule has 0 aliphatic carbocycles. The minimum Gasteiger partial charge on any atom is -0.465 e. The van der Waals surface area contributed by atoms with E-state index in [-0.39, 0.29) is 23.9 Å². The van der Waals surface area contributed by atoms with Gasteiger partial charge in [-0.25, -0.2) is 0 Å². The van der Waals surface area contributed by atoms with E-state index in [1.165, 1.54) is 0 Å². The molecule has 112 valence electrons. The summed E-state index contributed by atoms with van der Waals surface area (Å²) in [5.74, 6) is 2.11. The van der Waals surface area contributed by atoms with Crippen LogP contribution in [0.5, 0.6) is 0 Å². The number of hydrogen-bond donors (Lipinski definition) is 2. The molecular weight excluding hydrogens is 254 g/mol. The Balaban J connectivity index is 2.04. The molecule has 20 heavy (non-hydrogen) atoms. The van der Waals surface area contributed by atoms with Gasteiger partial charge in [0.05, 0.1) is 6.04 Å². The zero-order valence-electron chi connectivity index (χ0n) is 12.6. The van der Waals surface area contributed by atoms with E-state index in [0.717, 1.165) is 37.5 Å². The molecule has 2 unspecified atom stereocenters. The normalized spacial score (nSPS) is 20.6. The number of carbonyl (C=O) groups is 1. The van der Waals surface area contributed by atoms with Gasteiger partial charge in [0.25, 0.3) is 0 Å². The molecule has 1 aliphatic heterocycles. The van der Waals surface area contributed by atoms with Crippen molar-refractivity contribution < 1.29 is 9.21 Å². The highest BCUT2D eigenvalue weighted by Crippen LogP contribution is 2.29. The molecule has 2 heterocycles. The van der Waals surface area contributed by atoms with Gasteiger partial charge in [-0.15, -0.1) is 0 Å². The second-order valence-corrected chi connectivity index (χ2v) is 5.68. The van der Waals surface area contributed by atoms with E-state index in [0.29, 0.717) is 0 Å². The third-order valence-electron chi connectivity index (χ3n) is 4.09. The summed E-state index contributed by atoms with van der Waals surface area (Å²) >= 11 is 0. The Kier molecular flexibility index (Phi) is 4.83. The van der Waals surface area contributed by atoms with Gasteiger partial charge in [0.2, 0.25) is 5.91 Å². The van der Waals surface area contributed by atoms with Crippen LogP contribution in [-0.2, 0) is 4.79 Å². The van der Waals surface area contributed by atoms with Crippen molar-refractivity contribution in [2.75, 3.05) is 20.1 Å². The molecule has 0 spiro atoms. The van der Waals surface area contributed by atoms with Crippen molar-refractivity contribution >= 4 is 5.91 Å². The summed E-state index contributed by atoms with van der Waals surface area (Å²) in [4.78, 5) is 14.0. The number of carbonyl (C=O) groups excluding carboxylic acids is 1. The topological polar surface area (TPSA) is 71.5 Å². The van der Waals surface area contributed by atoms with Crippen LogP contribution >= 0.6 is 0 Å². The van der Waals surface area contributed by atoms with Crippen molar-refractivity contribution in [3.63, 3.8) is 0 Å². The first-order chi connectivity index (χ1) is 9.52. The Hall–Kier alpha value is -1.33. The molecule has 0 radical (unpaired) electrons. The summed E-state index contributed by atoms with van der Waals surface area (Å²) < 4.78 is 5.75. The maximum atomic E-state index is 11.7. The maximum Gasteiger partial charge on any atom is 0.222 e. The van der Waals surface area contributed by atoms with E-state index in [1.807, 2.05) is 26.0 Å². The smallest absolute Gasteiger partial charge is 0.222 e. The Morgan fingerprint density at radius 2 is 2.10 bits per heavy atom. The molecule has 0 aromatic carbocycles. The molecule has 1 aromatic rings. The van der Waals surface area contributed by atoms with Crippen molar-refractivity contribution in [1.82, 2.24) is 10.2 Å². The molecule has 1 aliphatic rings. The number of rotatable bonds is 4. The molecule has 2 rings (SSSR count). The van der Waals surface area contributed by atoms with E-state index >= 15 is 0 Å². The van der Waals surface area contributed by atoms with Gasteiger partial charge in [-0.3, -0.25) is 9.69 Å². The van der Waals surface area contributed by atoms with Crippen LogP contribution < -0.4 is 11.1 Å². The number of piperidine rings is 1. The standard InChI is InChI=1S/C15H25N3O2/c1-10-4-5-13(20-10)14(11(2)16)18-8-6-12(7-9-18)15(19)17-3/h4-5,11-12,14H,6-9,16H2,1-3H3,(H,17,19). The van der Waals surface area contributed by atoms with E-state index < -0.39 is 0 Å². The van der Waals surface area contributed by atoms with E-state index in [9.17, 15) is 4.79 Å². The minimum absolute atomic E-state index is 0.00268. The van der Waals surface area contributed by atoms with Crippen molar-refractivity contribution in [2.24, 2.45) is 11.7 Å². The van der Waals surface area contributed by atoms with Crippen molar-refractivity contribution in [1.29, 1.82) is 0 Å². The molecule has 3 N–H and O–H groups in total. The van der Waals surface area contributed by atoms with Gasteiger partial charge in [0.1, 0.15) is 11.5 Å². The summed E-state index contributed by atoms with van der Waals surface area (Å²) in [6.45, 7) is 5.71. The van der Waals surface area contributed by atoms with Crippen LogP contribution in [0.25, 0.3) is 0 Å². The first-order valence-electron chi connectivity index (χ1n) is 7.30. The summed E-state index contributed by atoms with van der Waals surface area (Å²) in [5.41, 5.74) is 6.15. The second-order valence-electron chi connectivity index (χ2n) is 5.68. The van der Waals surface area contributed by atoms with Gasteiger partial charge in [-0.05, 0) is 51.9 Å². The lowest BCUT2D eigenvalue weighted by molar-refractivity contribution is -0.126. The fraction of sp³-hybridized carbons (Fsp3) is 0.667. The van der Waals surface area contributed by atoms with Crippen LogP contribution in [0.3, 0.4) is 0 Å². The number of hydrogen-bond acceptors (Lipinski definition) is 4. The first-order valence-corrected chi connectivity index (χ1v) is 7.30. The van der Waals surface area contributed by atoms with Crippen LogP contribution in [0.2, 0.25) is 0 Å². The number of aryl methyl sites for hydroxylation is 1. The van der Waals surface area contributed by atoms with Gasteiger partial charge in [0.15, 0.2) is 0 Å². The summed E-state index contributed by atoms with van der Waals surface area (Å²) in [6, 6.07) is 4.07. The summed E-state index contributed by atoms with van der Waals surface area (Å²) in [6.07, 6.45) is 1.76. The highest BCUT2D eigenvalue weighted by molar-refractivity contribution is 5.78. The molecular formula is C15H25N3O2. The van der Waals surface area contributed by atoms with Crippen LogP contribution in [0, 0.1) is 12.8 Å². The number of furan rings is 1. The van der Waals surface area contributed by atoms with Gasteiger partial charge >= 0.3 is 0 Å². The number of nitrogens with one attached hydrogen (secondary N) is 1. The third kappa shape index (κ3) is 3.22. The number of nitrogens with zero attached hydrogens (tertiary/aromatic N) is 1. The van der Waals surface area contributed by atoms with Crippen molar-refractivity contribution in [2.45, 2.75) is 38.8 Å². The lowest BCUT2D eigenvalue weighted by Crippen LogP contribution is -2.45. The predicted molar refractivity (Wildman–Crippen MR) is 78.2 cm³/mol. The van der Waals surface area contributed by atoms with Gasteiger partial charge in [-0.2, -0.15) is 0 Å². The number of amides is 1. The minimum atomic E-state index is -0.00268. The average molecular weight is 279 g/mol. The lowest BCUT2D eigenvalue weighted by Gasteiger charge is -2.37. The Bertz CT molecular complexity index is 448. The Labute approximate surface area is 120 Å². The number of nitrogens with two attached hydrogens (primary N) is 1. The van der Waals surface area contributed by atoms with Crippen molar-refractivity contribution in [3.05, 3.63) is 23.7 Å². The fourth-order valence-electron chi connectivity index (χ4n) is 3.03. The SMILES string of the molecule is CNC(=O)C1CCN(C(c2ccc(C)o2)C(C)N)CC1. The van der Waals surface area contributed by atoms with E-state index in [2.05, 4.69) is 10.2 Å². The highest BCUT2D eigenvalue weighted by Gasteiger charge is 2.32. The van der Waals surface area contributed by atoms with E-state index in [4.69, 9.17) is 10.2 Å². The fourth-order valence-corrected chi connectivity index (χ4v) is 3.03. The third-order valence-corrected chi connectivity index (χ3v) is 4.09. The van der Waals surface area contributed by atoms with E-state index in [1.54, 1.807) is 7.05 Å². The zero-order valence-corrected chi connectivity index (χ0v) is 12.6. The average Bonchev–Trinajstić information content (AvgIpc) is 2.85. The molecule has 5 heteroatoms. The highest BCUT2D eigenvalue weighted by atomic mass is 16.3. The van der Waals surface area contributed by atoms with Gasteiger partial charge in [-0.1, -0.05) is 0 Å². The van der Waals surface area contributed by atoms with Crippen LogP contribution in [0.15, 0.2) is 16.5 Å². The molecule has 0 bridgehead atoms. The molecule has 0 saturated carbocycles.